The van der Waals surface area contributed by atoms with Crippen molar-refractivity contribution >= 4 is 23.4 Å². The SMILES string of the molecule is COc1cc(OC)c(NC(=O)Oc2ccccc2)cc1Cl. The minimum atomic E-state index is -0.638. The van der Waals surface area contributed by atoms with Crippen LogP contribution in [0.25, 0.3) is 0 Å². The van der Waals surface area contributed by atoms with Gasteiger partial charge in [-0.05, 0) is 18.2 Å². The summed E-state index contributed by atoms with van der Waals surface area (Å²) in [5, 5.41) is 2.93. The van der Waals surface area contributed by atoms with E-state index >= 15 is 0 Å². The van der Waals surface area contributed by atoms with E-state index < -0.39 is 6.09 Å². The second kappa shape index (κ2) is 6.85. The Bertz CT molecular complexity index is 631. The minimum Gasteiger partial charge on any atom is -0.495 e. The van der Waals surface area contributed by atoms with Gasteiger partial charge in [0.15, 0.2) is 0 Å². The number of carbonyl (C=O) groups excluding carboxylic acids is 1. The number of para-hydroxylation sites is 1. The molecule has 5 nitrogen and oxygen atoms in total. The molecule has 0 spiro atoms. The molecule has 110 valence electrons. The summed E-state index contributed by atoms with van der Waals surface area (Å²) >= 11 is 6.03. The van der Waals surface area contributed by atoms with Crippen molar-refractivity contribution in [2.45, 2.75) is 0 Å². The van der Waals surface area contributed by atoms with Gasteiger partial charge in [-0.25, -0.2) is 4.79 Å². The van der Waals surface area contributed by atoms with E-state index in [1.807, 2.05) is 6.07 Å². The Morgan fingerprint density at radius 3 is 2.33 bits per heavy atom. The summed E-state index contributed by atoms with van der Waals surface area (Å²) in [6.45, 7) is 0. The van der Waals surface area contributed by atoms with Gasteiger partial charge in [-0.1, -0.05) is 29.8 Å². The number of methoxy groups -OCH3 is 2. The maximum absolute atomic E-state index is 11.9. The first-order valence-corrected chi connectivity index (χ1v) is 6.47. The summed E-state index contributed by atoms with van der Waals surface area (Å²) in [6.07, 6.45) is -0.638. The number of hydrogen-bond donors (Lipinski definition) is 1. The quantitative estimate of drug-likeness (QED) is 0.928. The first-order chi connectivity index (χ1) is 10.1. The highest BCUT2D eigenvalue weighted by Gasteiger charge is 2.13. The van der Waals surface area contributed by atoms with Gasteiger partial charge >= 0.3 is 6.09 Å². The third-order valence-electron chi connectivity index (χ3n) is 2.66. The van der Waals surface area contributed by atoms with Gasteiger partial charge < -0.3 is 14.2 Å². The number of nitrogens with one attached hydrogen (secondary N) is 1. The Hall–Kier alpha value is -2.40. The van der Waals surface area contributed by atoms with Gasteiger partial charge in [0, 0.05) is 6.07 Å². The number of carbonyl (C=O) groups is 1. The molecular formula is C15H14ClNO4. The molecule has 0 heterocycles. The van der Waals surface area contributed by atoms with Gasteiger partial charge in [-0.3, -0.25) is 5.32 Å². The summed E-state index contributed by atoms with van der Waals surface area (Å²) in [5.41, 5.74) is 0.393. The number of rotatable bonds is 4. The van der Waals surface area contributed by atoms with Crippen LogP contribution < -0.4 is 19.5 Å². The van der Waals surface area contributed by atoms with Crippen molar-refractivity contribution in [3.8, 4) is 17.2 Å². The van der Waals surface area contributed by atoms with Crippen LogP contribution in [0.2, 0.25) is 5.02 Å². The zero-order valence-electron chi connectivity index (χ0n) is 11.6. The fraction of sp³-hybridized carbons (Fsp3) is 0.133. The lowest BCUT2D eigenvalue weighted by atomic mass is 10.2. The first kappa shape index (κ1) is 15.0. The zero-order chi connectivity index (χ0) is 15.2. The molecule has 1 N–H and O–H groups in total. The normalized spacial score (nSPS) is 9.86. The van der Waals surface area contributed by atoms with E-state index in [1.165, 1.54) is 20.3 Å². The molecule has 0 atom stereocenters. The van der Waals surface area contributed by atoms with Crippen LogP contribution in [0.4, 0.5) is 10.5 Å². The molecule has 0 aliphatic heterocycles. The molecule has 0 unspecified atom stereocenters. The Morgan fingerprint density at radius 1 is 1.05 bits per heavy atom. The van der Waals surface area contributed by atoms with E-state index in [0.717, 1.165) is 0 Å². The van der Waals surface area contributed by atoms with Crippen LogP contribution in [-0.2, 0) is 0 Å². The lowest BCUT2D eigenvalue weighted by Gasteiger charge is -2.13. The van der Waals surface area contributed by atoms with Gasteiger partial charge in [0.2, 0.25) is 0 Å². The maximum atomic E-state index is 11.9. The molecule has 0 radical (unpaired) electrons. The Morgan fingerprint density at radius 2 is 1.71 bits per heavy atom. The van der Waals surface area contributed by atoms with Crippen molar-refractivity contribution < 1.29 is 19.0 Å². The lowest BCUT2D eigenvalue weighted by Crippen LogP contribution is -2.17. The van der Waals surface area contributed by atoms with Gasteiger partial charge in [0.25, 0.3) is 0 Å². The molecule has 0 aromatic heterocycles. The number of benzene rings is 2. The van der Waals surface area contributed by atoms with E-state index in [1.54, 1.807) is 30.3 Å². The average molecular weight is 308 g/mol. The Kier molecular flexibility index (Phi) is 4.90. The van der Waals surface area contributed by atoms with Crippen LogP contribution in [0.5, 0.6) is 17.2 Å². The van der Waals surface area contributed by atoms with E-state index in [4.69, 9.17) is 25.8 Å². The fourth-order valence-electron chi connectivity index (χ4n) is 1.69. The van der Waals surface area contributed by atoms with Crippen LogP contribution in [0, 0.1) is 0 Å². The predicted octanol–water partition coefficient (Wildman–Crippen LogP) is 3.97. The average Bonchev–Trinajstić information content (AvgIpc) is 2.48. The van der Waals surface area contributed by atoms with Crippen molar-refractivity contribution in [3.05, 3.63) is 47.5 Å². The molecule has 0 fully saturated rings. The van der Waals surface area contributed by atoms with E-state index in [2.05, 4.69) is 5.32 Å². The van der Waals surface area contributed by atoms with E-state index in [-0.39, 0.29) is 0 Å². The fourth-order valence-corrected chi connectivity index (χ4v) is 1.93. The number of halogens is 1. The van der Waals surface area contributed by atoms with Gasteiger partial charge in [0.05, 0.1) is 24.9 Å². The van der Waals surface area contributed by atoms with Crippen molar-refractivity contribution in [1.29, 1.82) is 0 Å². The second-order valence-electron chi connectivity index (χ2n) is 4.01. The third kappa shape index (κ3) is 3.79. The number of ether oxygens (including phenoxy) is 3. The molecule has 1 amide bonds. The van der Waals surface area contributed by atoms with Crippen LogP contribution >= 0.6 is 11.6 Å². The molecular weight excluding hydrogens is 294 g/mol. The summed E-state index contributed by atoms with van der Waals surface area (Å²) in [5.74, 6) is 1.31. The third-order valence-corrected chi connectivity index (χ3v) is 2.96. The molecule has 21 heavy (non-hydrogen) atoms. The van der Waals surface area contributed by atoms with Crippen LogP contribution in [0.3, 0.4) is 0 Å². The van der Waals surface area contributed by atoms with Crippen molar-refractivity contribution in [2.24, 2.45) is 0 Å². The highest BCUT2D eigenvalue weighted by atomic mass is 35.5. The summed E-state index contributed by atoms with van der Waals surface area (Å²) < 4.78 is 15.4. The molecule has 0 aliphatic rings. The number of amides is 1. The standard InChI is InChI=1S/C15H14ClNO4/c1-19-13-9-14(20-2)12(8-11(13)16)17-15(18)21-10-6-4-3-5-7-10/h3-9H,1-2H3,(H,17,18). The molecule has 0 bridgehead atoms. The highest BCUT2D eigenvalue weighted by Crippen LogP contribution is 2.35. The molecule has 2 aromatic carbocycles. The minimum absolute atomic E-state index is 0.355. The Labute approximate surface area is 127 Å². The van der Waals surface area contributed by atoms with Gasteiger partial charge in [0.1, 0.15) is 17.2 Å². The summed E-state index contributed by atoms with van der Waals surface area (Å²) in [7, 11) is 2.98. The molecule has 0 saturated carbocycles. The topological polar surface area (TPSA) is 56.8 Å². The second-order valence-corrected chi connectivity index (χ2v) is 4.42. The van der Waals surface area contributed by atoms with E-state index in [9.17, 15) is 4.79 Å². The smallest absolute Gasteiger partial charge is 0.417 e. The monoisotopic (exact) mass is 307 g/mol. The van der Waals surface area contributed by atoms with Gasteiger partial charge in [-0.15, -0.1) is 0 Å². The molecule has 6 heteroatoms. The maximum Gasteiger partial charge on any atom is 0.417 e. The van der Waals surface area contributed by atoms with Gasteiger partial charge in [-0.2, -0.15) is 0 Å². The lowest BCUT2D eigenvalue weighted by molar-refractivity contribution is 0.215. The number of anilines is 1. The van der Waals surface area contributed by atoms with Crippen LogP contribution in [-0.4, -0.2) is 20.3 Å². The largest absolute Gasteiger partial charge is 0.495 e. The predicted molar refractivity (Wildman–Crippen MR) is 80.6 cm³/mol. The Balaban J connectivity index is 2.15. The van der Waals surface area contributed by atoms with E-state index in [0.29, 0.717) is 28.0 Å². The van der Waals surface area contributed by atoms with Crippen LogP contribution in [0.15, 0.2) is 42.5 Å². The zero-order valence-corrected chi connectivity index (χ0v) is 12.3. The summed E-state index contributed by atoms with van der Waals surface area (Å²) in [6, 6.07) is 11.8. The molecule has 2 rings (SSSR count). The number of hydrogen-bond acceptors (Lipinski definition) is 4. The van der Waals surface area contributed by atoms with Crippen molar-refractivity contribution in [3.63, 3.8) is 0 Å². The summed E-state index contributed by atoms with van der Waals surface area (Å²) in [4.78, 5) is 11.9. The molecule has 0 saturated heterocycles. The highest BCUT2D eigenvalue weighted by molar-refractivity contribution is 6.32. The molecule has 0 aliphatic carbocycles. The van der Waals surface area contributed by atoms with Crippen molar-refractivity contribution in [2.75, 3.05) is 19.5 Å². The van der Waals surface area contributed by atoms with Crippen molar-refractivity contribution in [1.82, 2.24) is 0 Å². The van der Waals surface area contributed by atoms with Crippen LogP contribution in [0.1, 0.15) is 0 Å². The molecule has 2 aromatic rings. The first-order valence-electron chi connectivity index (χ1n) is 6.09.